The van der Waals surface area contributed by atoms with Gasteiger partial charge in [-0.1, -0.05) is 44.2 Å². The number of carboxylic acid groups (broad SMARTS) is 1. The molecule has 1 N–H and O–H groups in total. The van der Waals surface area contributed by atoms with Crippen molar-refractivity contribution in [2.24, 2.45) is 0 Å². The van der Waals surface area contributed by atoms with Gasteiger partial charge in [-0.15, -0.1) is 0 Å². The maximum Gasteiger partial charge on any atom is 0.343 e. The van der Waals surface area contributed by atoms with E-state index in [-0.39, 0.29) is 23.7 Å². The van der Waals surface area contributed by atoms with Gasteiger partial charge in [-0.2, -0.15) is 0 Å². The van der Waals surface area contributed by atoms with E-state index in [4.69, 9.17) is 13.1 Å². The molecule has 0 aliphatic heterocycles. The van der Waals surface area contributed by atoms with E-state index in [1.54, 1.807) is 6.07 Å². The molecule has 0 saturated carbocycles. The van der Waals surface area contributed by atoms with Gasteiger partial charge in [0.1, 0.15) is 42.1 Å². The minimum atomic E-state index is -1.12. The van der Waals surface area contributed by atoms with Crippen molar-refractivity contribution in [1.29, 1.82) is 0 Å². The molecule has 0 atom stereocenters. The predicted molar refractivity (Wildman–Crippen MR) is 120 cm³/mol. The molecule has 0 saturated heterocycles. The first kappa shape index (κ1) is 22.5. The summed E-state index contributed by atoms with van der Waals surface area (Å²) in [6.45, 7) is 4.25. The second-order valence-electron chi connectivity index (χ2n) is 4.17. The Kier molecular flexibility index (Phi) is 11.5. The van der Waals surface area contributed by atoms with E-state index in [2.05, 4.69) is 0 Å². The molecule has 136 valence electrons. The van der Waals surface area contributed by atoms with Crippen molar-refractivity contribution in [2.45, 2.75) is 20.5 Å². The monoisotopic (exact) mass is 606 g/mol. The summed E-state index contributed by atoms with van der Waals surface area (Å²) < 4.78 is 16.4. The van der Waals surface area contributed by atoms with Crippen LogP contribution in [-0.2, 0) is 6.61 Å². The summed E-state index contributed by atoms with van der Waals surface area (Å²) in [7, 11) is 2.14. The lowest BCUT2D eigenvalue weighted by atomic mass is 10.1. The van der Waals surface area contributed by atoms with E-state index in [0.717, 1.165) is 24.0 Å². The molecule has 5 nitrogen and oxygen atoms in total. The van der Waals surface area contributed by atoms with Crippen LogP contribution in [0.15, 0.2) is 42.5 Å². The molecular formula is C16H16I2O5S2. The van der Waals surface area contributed by atoms with Crippen molar-refractivity contribution in [3.8, 4) is 17.2 Å². The van der Waals surface area contributed by atoms with Crippen LogP contribution >= 0.6 is 60.8 Å². The molecule has 0 aliphatic carbocycles. The largest absolute Gasteiger partial charge is 0.488 e. The number of carboxylic acids is 1. The fourth-order valence-electron chi connectivity index (χ4n) is 1.81. The van der Waals surface area contributed by atoms with Crippen LogP contribution in [0.2, 0.25) is 0 Å². The van der Waals surface area contributed by atoms with Crippen LogP contribution in [-0.4, -0.2) is 11.1 Å². The number of hydrogen-bond acceptors (Lipinski definition) is 6. The van der Waals surface area contributed by atoms with Crippen LogP contribution in [0.3, 0.4) is 0 Å². The highest BCUT2D eigenvalue weighted by Crippen LogP contribution is 2.38. The maximum absolute atomic E-state index is 11.6. The van der Waals surface area contributed by atoms with E-state index < -0.39 is 5.97 Å². The first-order valence-corrected chi connectivity index (χ1v) is 13.7. The second-order valence-corrected chi connectivity index (χ2v) is 6.91. The molecule has 9 heteroatoms. The number of benzene rings is 2. The van der Waals surface area contributed by atoms with Crippen LogP contribution in [0.1, 0.15) is 29.8 Å². The molecule has 0 amide bonds. The minimum Gasteiger partial charge on any atom is -0.488 e. The SMILES string of the molecule is CC.O=C(O)c1c(OCc2ccccc2)cc(OSI)cc1OSI. The third kappa shape index (κ3) is 7.31. The van der Waals surface area contributed by atoms with Crippen molar-refractivity contribution in [3.63, 3.8) is 0 Å². The molecule has 2 aromatic rings. The average Bonchev–Trinajstić information content (AvgIpc) is 2.62. The molecule has 0 heterocycles. The summed E-state index contributed by atoms with van der Waals surface area (Å²) in [6.07, 6.45) is 0. The van der Waals surface area contributed by atoms with Gasteiger partial charge in [0.25, 0.3) is 0 Å². The molecule has 0 radical (unpaired) electrons. The lowest BCUT2D eigenvalue weighted by Crippen LogP contribution is -2.05. The summed E-state index contributed by atoms with van der Waals surface area (Å²) >= 11 is 3.90. The summed E-state index contributed by atoms with van der Waals surface area (Å²) in [6, 6.07) is 12.6. The highest BCUT2D eigenvalue weighted by atomic mass is 127. The normalized spacial score (nSPS) is 9.60. The van der Waals surface area contributed by atoms with Crippen LogP contribution in [0, 0.1) is 0 Å². The third-order valence-electron chi connectivity index (χ3n) is 2.74. The van der Waals surface area contributed by atoms with Crippen molar-refractivity contribution < 1.29 is 23.0 Å². The Morgan fingerprint density at radius 2 is 1.64 bits per heavy atom. The second kappa shape index (κ2) is 12.8. The molecule has 0 unspecified atom stereocenters. The number of hydrogen-bond donors (Lipinski definition) is 1. The Morgan fingerprint density at radius 3 is 2.20 bits per heavy atom. The average molecular weight is 606 g/mol. The molecule has 0 spiro atoms. The van der Waals surface area contributed by atoms with E-state index in [9.17, 15) is 9.90 Å². The number of halogens is 2. The van der Waals surface area contributed by atoms with Gasteiger partial charge in [-0.25, -0.2) is 4.79 Å². The quantitative estimate of drug-likeness (QED) is 0.264. The van der Waals surface area contributed by atoms with E-state index >= 15 is 0 Å². The van der Waals surface area contributed by atoms with Gasteiger partial charge in [-0.3, -0.25) is 0 Å². The Bertz CT molecular complexity index is 671. The molecule has 0 fully saturated rings. The molecule has 25 heavy (non-hydrogen) atoms. The standard InChI is InChI=1S/C14H10I2O5S2.C2H6/c15-22-20-10-6-11(19-8-9-4-2-1-3-5-9)13(14(17)18)12(7-10)21-23-16;1-2/h1-7H,8H2,(H,17,18);1-2H3. The lowest BCUT2D eigenvalue weighted by Gasteiger charge is -2.14. The maximum atomic E-state index is 11.6. The number of ether oxygens (including phenoxy) is 1. The van der Waals surface area contributed by atoms with Gasteiger partial charge in [0.15, 0.2) is 5.75 Å². The molecule has 0 aromatic heterocycles. The zero-order valence-corrected chi connectivity index (χ0v) is 19.3. The molecule has 2 rings (SSSR count). The summed E-state index contributed by atoms with van der Waals surface area (Å²) in [5.74, 6) is -0.284. The van der Waals surface area contributed by atoms with Crippen molar-refractivity contribution in [2.75, 3.05) is 0 Å². The number of rotatable bonds is 8. The Balaban J connectivity index is 0.00000151. The van der Waals surface area contributed by atoms with Gasteiger partial charge in [0.05, 0.1) is 0 Å². The number of carbonyl (C=O) groups is 1. The van der Waals surface area contributed by atoms with Crippen LogP contribution in [0.25, 0.3) is 0 Å². The third-order valence-corrected chi connectivity index (χ3v) is 4.32. The first-order chi connectivity index (χ1) is 12.2. The Labute approximate surface area is 179 Å². The van der Waals surface area contributed by atoms with Gasteiger partial charge >= 0.3 is 5.97 Å². The van der Waals surface area contributed by atoms with Crippen LogP contribution in [0.4, 0.5) is 0 Å². The van der Waals surface area contributed by atoms with Crippen molar-refractivity contribution >= 4 is 66.8 Å². The topological polar surface area (TPSA) is 65.0 Å². The molecule has 0 bridgehead atoms. The summed E-state index contributed by atoms with van der Waals surface area (Å²) in [5, 5.41) is 9.47. The lowest BCUT2D eigenvalue weighted by molar-refractivity contribution is 0.0690. The van der Waals surface area contributed by atoms with Gasteiger partial charge < -0.3 is 18.2 Å². The fraction of sp³-hybridized carbons (Fsp3) is 0.188. The molecule has 0 aliphatic rings. The summed E-state index contributed by atoms with van der Waals surface area (Å²) in [4.78, 5) is 11.6. The smallest absolute Gasteiger partial charge is 0.343 e. The van der Waals surface area contributed by atoms with E-state index in [1.807, 2.05) is 86.6 Å². The minimum absolute atomic E-state index is 0.0316. The van der Waals surface area contributed by atoms with Crippen LogP contribution in [0.5, 0.6) is 17.2 Å². The van der Waals surface area contributed by atoms with Crippen molar-refractivity contribution in [1.82, 2.24) is 0 Å². The molecule has 2 aromatic carbocycles. The zero-order valence-electron chi connectivity index (χ0n) is 13.4. The van der Waals surface area contributed by atoms with Gasteiger partial charge in [0.2, 0.25) is 0 Å². The van der Waals surface area contributed by atoms with E-state index in [0.29, 0.717) is 5.75 Å². The van der Waals surface area contributed by atoms with Crippen molar-refractivity contribution in [3.05, 3.63) is 53.6 Å². The highest BCUT2D eigenvalue weighted by molar-refractivity contribution is 14.2. The molecular weight excluding hydrogens is 590 g/mol. The first-order valence-electron chi connectivity index (χ1n) is 7.14. The van der Waals surface area contributed by atoms with Gasteiger partial charge in [0, 0.05) is 54.5 Å². The number of aromatic carboxylic acids is 1. The summed E-state index contributed by atoms with van der Waals surface area (Å²) in [5.41, 5.74) is 0.903. The van der Waals surface area contributed by atoms with E-state index in [1.165, 1.54) is 6.07 Å². The Morgan fingerprint density at radius 1 is 1.04 bits per heavy atom. The highest BCUT2D eigenvalue weighted by Gasteiger charge is 2.21. The Hall–Kier alpha value is -0.530. The van der Waals surface area contributed by atoms with Crippen LogP contribution < -0.4 is 13.1 Å². The fourth-order valence-corrected chi connectivity index (χ4v) is 3.38. The van der Waals surface area contributed by atoms with Gasteiger partial charge in [-0.05, 0) is 5.56 Å². The predicted octanol–water partition coefficient (Wildman–Crippen LogP) is 6.74. The zero-order chi connectivity index (χ0) is 18.7.